The van der Waals surface area contributed by atoms with Crippen LogP contribution in [-0.2, 0) is 4.79 Å². The van der Waals surface area contributed by atoms with E-state index in [0.29, 0.717) is 0 Å². The second-order valence-electron chi connectivity index (χ2n) is 2.26. The van der Waals surface area contributed by atoms with Gasteiger partial charge in [0.25, 0.3) is 0 Å². The molecule has 60 valence electrons. The number of carbonyl (C=O) groups is 1. The Bertz CT molecular complexity index is 222. The van der Waals surface area contributed by atoms with Gasteiger partial charge in [-0.3, -0.25) is 4.99 Å². The SMILES string of the molecule is C=N/C(=C\C=C(C)C)C(=O)O. The fourth-order valence-corrected chi connectivity index (χ4v) is 0.437. The highest BCUT2D eigenvalue weighted by Gasteiger charge is 2.00. The van der Waals surface area contributed by atoms with E-state index >= 15 is 0 Å². The van der Waals surface area contributed by atoms with E-state index in [1.165, 1.54) is 6.08 Å². The Morgan fingerprint density at radius 1 is 1.45 bits per heavy atom. The molecule has 0 radical (unpaired) electrons. The average molecular weight is 153 g/mol. The molecule has 0 aliphatic carbocycles. The zero-order chi connectivity index (χ0) is 8.85. The Hall–Kier alpha value is -1.38. The molecule has 0 atom stereocenters. The Kier molecular flexibility index (Phi) is 3.88. The molecule has 0 rings (SSSR count). The molecule has 0 spiro atoms. The lowest BCUT2D eigenvalue weighted by Crippen LogP contribution is -1.96. The Balaban J connectivity index is 4.50. The lowest BCUT2D eigenvalue weighted by molar-refractivity contribution is -0.132. The monoisotopic (exact) mass is 153 g/mol. The van der Waals surface area contributed by atoms with Crippen molar-refractivity contribution in [2.45, 2.75) is 13.8 Å². The van der Waals surface area contributed by atoms with Gasteiger partial charge < -0.3 is 5.11 Å². The van der Waals surface area contributed by atoms with E-state index in [9.17, 15) is 4.79 Å². The predicted octanol–water partition coefficient (Wildman–Crippen LogP) is 1.62. The number of aliphatic carboxylic acids is 1. The van der Waals surface area contributed by atoms with Gasteiger partial charge in [-0.1, -0.05) is 11.6 Å². The summed E-state index contributed by atoms with van der Waals surface area (Å²) in [6.07, 6.45) is 3.10. The van der Waals surface area contributed by atoms with Crippen molar-refractivity contribution in [3.05, 3.63) is 23.4 Å². The van der Waals surface area contributed by atoms with E-state index in [-0.39, 0.29) is 5.70 Å². The van der Waals surface area contributed by atoms with Gasteiger partial charge in [-0.2, -0.15) is 0 Å². The number of hydrogen-bond donors (Lipinski definition) is 1. The molecule has 0 fully saturated rings. The highest BCUT2D eigenvalue weighted by Crippen LogP contribution is 1.98. The number of aliphatic imine (C=N–C) groups is 1. The highest BCUT2D eigenvalue weighted by atomic mass is 16.4. The minimum Gasteiger partial charge on any atom is -0.477 e. The van der Waals surface area contributed by atoms with Gasteiger partial charge in [-0.25, -0.2) is 4.79 Å². The third kappa shape index (κ3) is 4.08. The summed E-state index contributed by atoms with van der Waals surface area (Å²) in [5.41, 5.74) is 0.985. The molecule has 3 heteroatoms. The highest BCUT2D eigenvalue weighted by molar-refractivity contribution is 5.87. The van der Waals surface area contributed by atoms with Gasteiger partial charge >= 0.3 is 5.97 Å². The van der Waals surface area contributed by atoms with Crippen LogP contribution in [0.1, 0.15) is 13.8 Å². The third-order valence-corrected chi connectivity index (χ3v) is 0.964. The molecule has 0 saturated heterocycles. The van der Waals surface area contributed by atoms with Crippen molar-refractivity contribution < 1.29 is 9.90 Å². The summed E-state index contributed by atoms with van der Waals surface area (Å²) in [4.78, 5) is 13.6. The Morgan fingerprint density at radius 3 is 2.27 bits per heavy atom. The van der Waals surface area contributed by atoms with Crippen LogP contribution in [0.25, 0.3) is 0 Å². The van der Waals surface area contributed by atoms with Crippen molar-refractivity contribution in [3.8, 4) is 0 Å². The average Bonchev–Trinajstić information content (AvgIpc) is 1.87. The van der Waals surface area contributed by atoms with Gasteiger partial charge in [0.05, 0.1) is 0 Å². The first-order valence-electron chi connectivity index (χ1n) is 3.13. The van der Waals surface area contributed by atoms with Gasteiger partial charge in [0.15, 0.2) is 0 Å². The summed E-state index contributed by atoms with van der Waals surface area (Å²) in [7, 11) is 0. The molecular weight excluding hydrogens is 142 g/mol. The van der Waals surface area contributed by atoms with Crippen LogP contribution in [0.4, 0.5) is 0 Å². The van der Waals surface area contributed by atoms with Crippen molar-refractivity contribution in [1.29, 1.82) is 0 Å². The maximum absolute atomic E-state index is 10.3. The molecule has 0 aromatic heterocycles. The first-order valence-corrected chi connectivity index (χ1v) is 3.13. The van der Waals surface area contributed by atoms with Gasteiger partial charge in [0.2, 0.25) is 0 Å². The predicted molar refractivity (Wildman–Crippen MR) is 44.7 cm³/mol. The Morgan fingerprint density at radius 2 is 2.00 bits per heavy atom. The standard InChI is InChI=1S/C8H11NO2/c1-6(2)4-5-7(9-3)8(10)11/h4-5H,3H2,1-2H3,(H,10,11)/b7-5-. The molecule has 0 bridgehead atoms. The van der Waals surface area contributed by atoms with Crippen LogP contribution < -0.4 is 0 Å². The van der Waals surface area contributed by atoms with Crippen molar-refractivity contribution in [3.63, 3.8) is 0 Å². The second-order valence-corrected chi connectivity index (χ2v) is 2.26. The van der Waals surface area contributed by atoms with Crippen LogP contribution in [0, 0.1) is 0 Å². The lowest BCUT2D eigenvalue weighted by atomic mass is 10.3. The van der Waals surface area contributed by atoms with Gasteiger partial charge in [0.1, 0.15) is 5.70 Å². The van der Waals surface area contributed by atoms with Crippen molar-refractivity contribution >= 4 is 12.7 Å². The Labute approximate surface area is 65.8 Å². The number of carboxylic acid groups (broad SMARTS) is 1. The van der Waals surface area contributed by atoms with Crippen LogP contribution in [0.2, 0.25) is 0 Å². The minimum absolute atomic E-state index is 0.0359. The molecule has 0 aromatic rings. The first kappa shape index (κ1) is 9.62. The lowest BCUT2D eigenvalue weighted by Gasteiger charge is -1.89. The maximum Gasteiger partial charge on any atom is 0.354 e. The summed E-state index contributed by atoms with van der Waals surface area (Å²) < 4.78 is 0. The zero-order valence-corrected chi connectivity index (χ0v) is 6.66. The number of allylic oxidation sites excluding steroid dienone is 3. The third-order valence-electron chi connectivity index (χ3n) is 0.964. The molecular formula is C8H11NO2. The van der Waals surface area contributed by atoms with Gasteiger partial charge in [0, 0.05) is 0 Å². The molecule has 0 heterocycles. The summed E-state index contributed by atoms with van der Waals surface area (Å²) in [5, 5.41) is 8.45. The summed E-state index contributed by atoms with van der Waals surface area (Å²) in [5.74, 6) is -1.06. The van der Waals surface area contributed by atoms with E-state index < -0.39 is 5.97 Å². The summed E-state index contributed by atoms with van der Waals surface area (Å²) in [6, 6.07) is 0. The number of rotatable bonds is 3. The number of carboxylic acids is 1. The molecule has 0 saturated carbocycles. The number of nitrogens with zero attached hydrogens (tertiary/aromatic N) is 1. The summed E-state index contributed by atoms with van der Waals surface area (Å²) >= 11 is 0. The van der Waals surface area contributed by atoms with E-state index in [1.54, 1.807) is 6.08 Å². The zero-order valence-electron chi connectivity index (χ0n) is 6.66. The minimum atomic E-state index is -1.06. The van der Waals surface area contributed by atoms with E-state index in [2.05, 4.69) is 11.7 Å². The quantitative estimate of drug-likeness (QED) is 0.380. The normalized spacial score (nSPS) is 10.5. The van der Waals surface area contributed by atoms with E-state index in [1.807, 2.05) is 13.8 Å². The molecule has 0 aromatic carbocycles. The second kappa shape index (κ2) is 4.44. The van der Waals surface area contributed by atoms with Gasteiger partial charge in [-0.05, 0) is 26.6 Å². The molecule has 1 N–H and O–H groups in total. The fourth-order valence-electron chi connectivity index (χ4n) is 0.437. The van der Waals surface area contributed by atoms with Crippen LogP contribution in [0.3, 0.4) is 0 Å². The van der Waals surface area contributed by atoms with Crippen molar-refractivity contribution in [1.82, 2.24) is 0 Å². The largest absolute Gasteiger partial charge is 0.477 e. The number of hydrogen-bond acceptors (Lipinski definition) is 2. The molecule has 0 unspecified atom stereocenters. The summed E-state index contributed by atoms with van der Waals surface area (Å²) in [6.45, 7) is 6.88. The van der Waals surface area contributed by atoms with Crippen LogP contribution >= 0.6 is 0 Å². The van der Waals surface area contributed by atoms with Crippen LogP contribution in [-0.4, -0.2) is 17.8 Å². The first-order chi connectivity index (χ1) is 5.07. The van der Waals surface area contributed by atoms with Crippen LogP contribution in [0.15, 0.2) is 28.4 Å². The smallest absolute Gasteiger partial charge is 0.354 e. The van der Waals surface area contributed by atoms with E-state index in [4.69, 9.17) is 5.11 Å². The fraction of sp³-hybridized carbons (Fsp3) is 0.250. The van der Waals surface area contributed by atoms with Crippen molar-refractivity contribution in [2.24, 2.45) is 4.99 Å². The van der Waals surface area contributed by atoms with E-state index in [0.717, 1.165) is 5.57 Å². The van der Waals surface area contributed by atoms with Crippen molar-refractivity contribution in [2.75, 3.05) is 0 Å². The van der Waals surface area contributed by atoms with Gasteiger partial charge in [-0.15, -0.1) is 0 Å². The molecule has 3 nitrogen and oxygen atoms in total. The molecule has 0 aliphatic rings. The van der Waals surface area contributed by atoms with Crippen LogP contribution in [0.5, 0.6) is 0 Å². The maximum atomic E-state index is 10.3. The topological polar surface area (TPSA) is 49.7 Å². The molecule has 0 aliphatic heterocycles. The molecule has 0 amide bonds. The molecule has 11 heavy (non-hydrogen) atoms.